The van der Waals surface area contributed by atoms with Crippen molar-refractivity contribution in [1.29, 1.82) is 0 Å². The van der Waals surface area contributed by atoms with E-state index in [0.29, 0.717) is 19.3 Å². The van der Waals surface area contributed by atoms with Gasteiger partial charge in [-0.25, -0.2) is 0 Å². The number of carbonyl (C=O) groups excluding carboxylic acids is 3. The predicted molar refractivity (Wildman–Crippen MR) is 297 cm³/mol. The summed E-state index contributed by atoms with van der Waals surface area (Å²) in [6.07, 6.45) is 82.1. The molecule has 0 aromatic heterocycles. The highest BCUT2D eigenvalue weighted by atomic mass is 16.6. The number of unbranched alkanes of at least 4 members (excludes halogenated alkanes) is 6. The van der Waals surface area contributed by atoms with Crippen molar-refractivity contribution in [1.82, 2.24) is 0 Å². The molecule has 0 unspecified atom stereocenters. The molecule has 0 bridgehead atoms. The van der Waals surface area contributed by atoms with Crippen LogP contribution >= 0.6 is 0 Å². The summed E-state index contributed by atoms with van der Waals surface area (Å²) in [5, 5.41) is 0. The molecule has 0 radical (unpaired) electrons. The zero-order valence-corrected chi connectivity index (χ0v) is 43.5. The molecular formula is C63H94O6. The largest absolute Gasteiger partial charge is 0.462 e. The molecule has 0 rings (SSSR count). The Bertz CT molecular complexity index is 1650. The highest BCUT2D eigenvalue weighted by molar-refractivity contribution is 5.71. The third-order valence-corrected chi connectivity index (χ3v) is 10.2. The summed E-state index contributed by atoms with van der Waals surface area (Å²) < 4.78 is 16.7. The van der Waals surface area contributed by atoms with Crippen molar-refractivity contribution in [3.63, 3.8) is 0 Å². The van der Waals surface area contributed by atoms with Gasteiger partial charge in [0, 0.05) is 19.3 Å². The van der Waals surface area contributed by atoms with E-state index in [1.54, 1.807) is 0 Å². The summed E-state index contributed by atoms with van der Waals surface area (Å²) in [7, 11) is 0. The Morgan fingerprint density at radius 1 is 0.304 bits per heavy atom. The van der Waals surface area contributed by atoms with Gasteiger partial charge in [-0.2, -0.15) is 0 Å². The van der Waals surface area contributed by atoms with E-state index in [0.717, 1.165) is 103 Å². The zero-order valence-electron chi connectivity index (χ0n) is 43.5. The third kappa shape index (κ3) is 53.6. The Hall–Kier alpha value is -5.23. The first kappa shape index (κ1) is 63.8. The first-order chi connectivity index (χ1) is 34.0. The Kier molecular flexibility index (Phi) is 51.2. The van der Waals surface area contributed by atoms with Crippen LogP contribution in [-0.4, -0.2) is 37.2 Å². The average molecular weight is 947 g/mol. The first-order valence-electron chi connectivity index (χ1n) is 26.6. The lowest BCUT2D eigenvalue weighted by Crippen LogP contribution is -2.30. The molecule has 6 nitrogen and oxygen atoms in total. The van der Waals surface area contributed by atoms with Crippen LogP contribution in [0.2, 0.25) is 0 Å². The normalized spacial score (nSPS) is 13.5. The van der Waals surface area contributed by atoms with Gasteiger partial charge >= 0.3 is 17.9 Å². The molecule has 0 aromatic carbocycles. The van der Waals surface area contributed by atoms with Gasteiger partial charge in [0.15, 0.2) is 6.10 Å². The number of hydrogen-bond donors (Lipinski definition) is 0. The van der Waals surface area contributed by atoms with Crippen molar-refractivity contribution >= 4 is 17.9 Å². The van der Waals surface area contributed by atoms with E-state index < -0.39 is 18.0 Å². The van der Waals surface area contributed by atoms with Crippen LogP contribution in [0.3, 0.4) is 0 Å². The van der Waals surface area contributed by atoms with Crippen LogP contribution in [0.1, 0.15) is 188 Å². The molecule has 6 heteroatoms. The quantitative estimate of drug-likeness (QED) is 0.0262. The van der Waals surface area contributed by atoms with Crippen LogP contribution in [0.15, 0.2) is 170 Å². The molecule has 0 aliphatic rings. The van der Waals surface area contributed by atoms with Crippen molar-refractivity contribution < 1.29 is 28.6 Å². The van der Waals surface area contributed by atoms with Gasteiger partial charge in [-0.05, 0) is 135 Å². The van der Waals surface area contributed by atoms with Gasteiger partial charge in [0.2, 0.25) is 0 Å². The molecule has 0 aliphatic carbocycles. The maximum absolute atomic E-state index is 12.8. The van der Waals surface area contributed by atoms with E-state index in [4.69, 9.17) is 14.2 Å². The SMILES string of the molecule is CC/C=C\C/C=C\C/C=C\C/C=C\C/C=C\C/C=C\CCC(=O)OC[C@H](COC(=O)CCCC/C=C\C/C=C\C/C=C\CCCCC)OC(=O)CCC/C=C\C/C=C\C/C=C\C/C=C\C/C=C\CC. The summed E-state index contributed by atoms with van der Waals surface area (Å²) in [5.74, 6) is -1.15. The van der Waals surface area contributed by atoms with Crippen molar-refractivity contribution in [2.24, 2.45) is 0 Å². The molecule has 0 amide bonds. The molecule has 0 N–H and O–H groups in total. The van der Waals surface area contributed by atoms with Crippen LogP contribution in [0.4, 0.5) is 0 Å². The molecule has 0 saturated heterocycles. The van der Waals surface area contributed by atoms with Gasteiger partial charge in [0.1, 0.15) is 13.2 Å². The van der Waals surface area contributed by atoms with Crippen LogP contribution in [0.25, 0.3) is 0 Å². The smallest absolute Gasteiger partial charge is 0.306 e. The van der Waals surface area contributed by atoms with E-state index >= 15 is 0 Å². The van der Waals surface area contributed by atoms with E-state index in [9.17, 15) is 14.4 Å². The standard InChI is InChI=1S/C63H94O6/c1-4-7-10-13-16-19-22-25-28-30-31-33-35-38-41-44-47-50-53-56-62(65)68-59-60(58-67-61(64)55-52-49-46-43-40-37-34-27-24-21-18-15-12-9-6-3)69-63(66)57-54-51-48-45-42-39-36-32-29-26-23-20-17-14-11-8-5-2/h7-8,10-11,16-21,25-29,31,33-34,36,38-41,43,45,47-48,50,60H,4-6,9,12-15,22-24,30,32,35,37,42,44,46,49,51-59H2,1-3H3/b10-7-,11-8-,19-16-,20-17-,21-18-,28-25-,29-26-,33-31-,34-27-,39-36-,41-38-,43-40-,48-45-,50-47-/t60-/m0/s1. The van der Waals surface area contributed by atoms with Crippen molar-refractivity contribution in [2.75, 3.05) is 13.2 Å². The lowest BCUT2D eigenvalue weighted by atomic mass is 10.1. The van der Waals surface area contributed by atoms with Gasteiger partial charge in [0.25, 0.3) is 0 Å². The minimum absolute atomic E-state index is 0.153. The first-order valence-corrected chi connectivity index (χ1v) is 26.6. The minimum Gasteiger partial charge on any atom is -0.462 e. The maximum atomic E-state index is 12.8. The Morgan fingerprint density at radius 3 is 0.957 bits per heavy atom. The molecule has 0 saturated carbocycles. The van der Waals surface area contributed by atoms with Crippen LogP contribution < -0.4 is 0 Å². The fourth-order valence-corrected chi connectivity index (χ4v) is 6.27. The fourth-order valence-electron chi connectivity index (χ4n) is 6.27. The number of esters is 3. The van der Waals surface area contributed by atoms with Crippen molar-refractivity contribution in [3.05, 3.63) is 170 Å². The number of rotatable bonds is 45. The maximum Gasteiger partial charge on any atom is 0.306 e. The second-order valence-corrected chi connectivity index (χ2v) is 16.7. The Morgan fingerprint density at radius 2 is 0.594 bits per heavy atom. The summed E-state index contributed by atoms with van der Waals surface area (Å²) in [4.78, 5) is 38.0. The number of allylic oxidation sites excluding steroid dienone is 28. The predicted octanol–water partition coefficient (Wildman–Crippen LogP) is 18.0. The highest BCUT2D eigenvalue weighted by Gasteiger charge is 2.19. The highest BCUT2D eigenvalue weighted by Crippen LogP contribution is 2.09. The number of ether oxygens (including phenoxy) is 3. The number of hydrogen-bond acceptors (Lipinski definition) is 6. The van der Waals surface area contributed by atoms with E-state index in [2.05, 4.69) is 179 Å². The zero-order chi connectivity index (χ0) is 50.0. The van der Waals surface area contributed by atoms with Crippen molar-refractivity contribution in [3.8, 4) is 0 Å². The molecule has 0 aliphatic heterocycles. The van der Waals surface area contributed by atoms with E-state index in [1.807, 2.05) is 12.2 Å². The summed E-state index contributed by atoms with van der Waals surface area (Å²) in [5.41, 5.74) is 0. The molecule has 382 valence electrons. The van der Waals surface area contributed by atoms with Gasteiger partial charge in [0.05, 0.1) is 0 Å². The molecule has 0 heterocycles. The summed E-state index contributed by atoms with van der Waals surface area (Å²) >= 11 is 0. The van der Waals surface area contributed by atoms with Crippen LogP contribution in [0, 0.1) is 0 Å². The lowest BCUT2D eigenvalue weighted by Gasteiger charge is -2.18. The average Bonchev–Trinajstić information content (AvgIpc) is 3.35. The van der Waals surface area contributed by atoms with Crippen LogP contribution in [-0.2, 0) is 28.6 Å². The second kappa shape index (κ2) is 55.4. The summed E-state index contributed by atoms with van der Waals surface area (Å²) in [6.45, 7) is 6.20. The van der Waals surface area contributed by atoms with Crippen molar-refractivity contribution in [2.45, 2.75) is 194 Å². The second-order valence-electron chi connectivity index (χ2n) is 16.7. The molecule has 0 fully saturated rings. The molecule has 1 atom stereocenters. The lowest BCUT2D eigenvalue weighted by molar-refractivity contribution is -0.166. The Balaban J connectivity index is 4.70. The topological polar surface area (TPSA) is 78.9 Å². The van der Waals surface area contributed by atoms with Crippen LogP contribution in [0.5, 0.6) is 0 Å². The van der Waals surface area contributed by atoms with Gasteiger partial charge in [-0.3, -0.25) is 14.4 Å². The van der Waals surface area contributed by atoms with Gasteiger partial charge in [-0.15, -0.1) is 0 Å². The summed E-state index contributed by atoms with van der Waals surface area (Å²) in [6, 6.07) is 0. The number of carbonyl (C=O) groups is 3. The van der Waals surface area contributed by atoms with E-state index in [-0.39, 0.29) is 38.4 Å². The van der Waals surface area contributed by atoms with Gasteiger partial charge < -0.3 is 14.2 Å². The molecule has 69 heavy (non-hydrogen) atoms. The van der Waals surface area contributed by atoms with Gasteiger partial charge in [-0.1, -0.05) is 204 Å². The minimum atomic E-state index is -0.863. The third-order valence-electron chi connectivity index (χ3n) is 10.2. The fraction of sp³-hybridized carbons (Fsp3) is 0.508. The monoisotopic (exact) mass is 947 g/mol. The molecule has 0 aromatic rings. The molecule has 0 spiro atoms. The Labute approximate surface area is 422 Å². The molecular weight excluding hydrogens is 853 g/mol. The van der Waals surface area contributed by atoms with E-state index in [1.165, 1.54) is 25.7 Å².